The third-order valence-corrected chi connectivity index (χ3v) is 19.5. The molecule has 4 heterocycles. The minimum absolute atomic E-state index is 0.0737. The van der Waals surface area contributed by atoms with Crippen molar-refractivity contribution in [3.63, 3.8) is 0 Å². The molecule has 6 aliphatic rings. The van der Waals surface area contributed by atoms with Crippen LogP contribution < -0.4 is 76.5 Å². The molecule has 30 nitrogen and oxygen atoms in total. The summed E-state index contributed by atoms with van der Waals surface area (Å²) >= 11 is 0. The van der Waals surface area contributed by atoms with Gasteiger partial charge in [0.15, 0.2) is 0 Å². The number of carboxylic acids is 2. The van der Waals surface area contributed by atoms with E-state index in [0.717, 1.165) is 25.5 Å². The maximum Gasteiger partial charge on any atom is 0.349 e. The van der Waals surface area contributed by atoms with E-state index in [-0.39, 0.29) is 106 Å². The number of nitrogens with two attached hydrogens (primary N) is 2. The first-order chi connectivity index (χ1) is 42.9. The van der Waals surface area contributed by atoms with Crippen LogP contribution in [0.15, 0.2) is 89.4 Å². The second-order valence-electron chi connectivity index (χ2n) is 24.3. The van der Waals surface area contributed by atoms with Crippen LogP contribution in [0.5, 0.6) is 0 Å². The molecule has 90 heavy (non-hydrogen) atoms. The van der Waals surface area contributed by atoms with Crippen LogP contribution in [0.2, 0.25) is 0 Å². The highest BCUT2D eigenvalue weighted by atomic mass is 16.4. The number of anilines is 4. The summed E-state index contributed by atoms with van der Waals surface area (Å²) in [6.07, 6.45) is 7.47. The van der Waals surface area contributed by atoms with Crippen LogP contribution >= 0.6 is 0 Å². The lowest BCUT2D eigenvalue weighted by Crippen LogP contribution is -2.54. The van der Waals surface area contributed by atoms with Crippen LogP contribution in [0.25, 0.3) is 11.6 Å². The number of nitrogens with one attached hydrogen (secondary N) is 8. The summed E-state index contributed by atoms with van der Waals surface area (Å²) in [7, 11) is 0. The predicted molar refractivity (Wildman–Crippen MR) is 323 cm³/mol. The van der Waals surface area contributed by atoms with E-state index in [1.807, 2.05) is 13.8 Å². The maximum absolute atomic E-state index is 13.6. The van der Waals surface area contributed by atoms with Gasteiger partial charge in [0.2, 0.25) is 0 Å². The fourth-order valence-electron chi connectivity index (χ4n) is 13.4. The Morgan fingerprint density at radius 3 is 1.24 bits per heavy atom. The van der Waals surface area contributed by atoms with Gasteiger partial charge in [-0.15, -0.1) is 10.2 Å². The van der Waals surface area contributed by atoms with E-state index in [0.29, 0.717) is 82.6 Å². The molecule has 30 heteroatoms. The first-order valence-corrected chi connectivity index (χ1v) is 29.3. The van der Waals surface area contributed by atoms with Gasteiger partial charge in [-0.05, 0) is 136 Å². The van der Waals surface area contributed by atoms with Crippen molar-refractivity contribution in [1.29, 1.82) is 0 Å². The van der Waals surface area contributed by atoms with Crippen molar-refractivity contribution >= 4 is 69.9 Å². The van der Waals surface area contributed by atoms with Gasteiger partial charge in [0.05, 0.1) is 10.8 Å². The average molecular weight is 1230 g/mol. The molecule has 2 atom stereocenters. The zero-order valence-electron chi connectivity index (χ0n) is 48.9. The standard InChI is InChI=1S/2C30H32N8O7/c1-15(29-5-8-30(9-6-29,10-7-29)26(43)44)34-24(41)18-12-19(38-27(35-18)36-37-28(38)45)25(42)33-14-17-4-2-3-16(11-17)13-32-21-20(31)22(39)23(21)40;1-15(29-5-8-30(9-6-29,10-7-29)26(43)44)34-25(42)19-12-18(35-27-36-37-28(45)38(19)27)24(41)33-14-17-4-2-3-16(11-17)13-32-21-20(31)22(39)23(21)40/h2-4,11-12,15,32H,5-10,13-14,31H2,1H3,(H,33,42)(H,34,41)(H,37,45)(H,43,44);2-4,11-12,15,32H,5-10,13-14,31H2,1H3,(H,33,41)(H,34,42)(H,37,45)(H,43,44). The monoisotopic (exact) mass is 1230 g/mol. The van der Waals surface area contributed by atoms with Crippen LogP contribution in [0.1, 0.15) is 155 Å². The Labute approximate surface area is 508 Å². The van der Waals surface area contributed by atoms with Crippen molar-refractivity contribution in [2.75, 3.05) is 22.1 Å². The summed E-state index contributed by atoms with van der Waals surface area (Å²) in [6, 6.07) is 16.2. The number of nitrogens with zero attached hydrogens (tertiary/aromatic N) is 6. The molecule has 14 N–H and O–H groups in total. The van der Waals surface area contributed by atoms with Crippen molar-refractivity contribution < 1.29 is 39.0 Å². The normalized spacial score (nSPS) is 21.4. The SMILES string of the molecule is CC(NC(=O)c1cc(C(=O)NCc2cccc(CNc3c(N)c(=O)c3=O)c2)n2c(=O)[nH]nc2n1)C12CCC(C(=O)O)(CC1)CC2.CC(NC(=O)c1cc(C(=O)NCc2cccc(CNc3c(N)c(=O)c3=O)c2)nc2n[nH]c(=O)n12)C12CCC(C(=O)O)(CC1)CC2. The summed E-state index contributed by atoms with van der Waals surface area (Å²) < 4.78 is 1.99. The van der Waals surface area contributed by atoms with Crippen LogP contribution in [0.3, 0.4) is 0 Å². The molecule has 468 valence electrons. The number of fused-ring (bicyclic) bond motifs is 8. The Morgan fingerprint density at radius 2 is 0.856 bits per heavy atom. The molecule has 0 radical (unpaired) electrons. The number of hydrogen-bond acceptors (Lipinski definition) is 20. The molecule has 0 spiro atoms. The van der Waals surface area contributed by atoms with Gasteiger partial charge in [-0.25, -0.2) is 38.6 Å². The van der Waals surface area contributed by atoms with E-state index < -0.39 is 79.5 Å². The zero-order chi connectivity index (χ0) is 64.2. The number of carbonyl (C=O) groups is 6. The minimum atomic E-state index is -0.759. The number of carboxylic acid groups (broad SMARTS) is 2. The van der Waals surface area contributed by atoms with E-state index in [2.05, 4.69) is 62.3 Å². The fourth-order valence-corrected chi connectivity index (χ4v) is 13.4. The number of hydrogen-bond donors (Lipinski definition) is 12. The summed E-state index contributed by atoms with van der Waals surface area (Å²) in [4.78, 5) is 156. The van der Waals surface area contributed by atoms with E-state index in [1.165, 1.54) is 12.1 Å². The topological polar surface area (TPSA) is 461 Å². The molecule has 4 aromatic heterocycles. The summed E-state index contributed by atoms with van der Waals surface area (Å²) in [5.41, 5.74) is 7.70. The molecule has 6 fully saturated rings. The molecule has 4 aromatic carbocycles. The fraction of sp³-hybridized carbons (Fsp3) is 0.400. The molecular weight excluding hydrogens is 1170 g/mol. The number of benzene rings is 2. The van der Waals surface area contributed by atoms with Crippen molar-refractivity contribution in [3.05, 3.63) is 168 Å². The summed E-state index contributed by atoms with van der Waals surface area (Å²) in [5, 5.41) is 48.9. The Bertz CT molecular complexity index is 4490. The number of carbonyl (C=O) groups excluding carboxylic acids is 4. The van der Waals surface area contributed by atoms with Crippen LogP contribution in [0, 0.1) is 21.7 Å². The van der Waals surface area contributed by atoms with Gasteiger partial charge < -0.3 is 53.6 Å². The lowest BCUT2D eigenvalue weighted by molar-refractivity contribution is -0.160. The Kier molecular flexibility index (Phi) is 15.9. The van der Waals surface area contributed by atoms with E-state index >= 15 is 0 Å². The molecule has 6 aliphatic carbocycles. The number of aliphatic carboxylic acids is 2. The van der Waals surface area contributed by atoms with Gasteiger partial charge in [-0.2, -0.15) is 0 Å². The van der Waals surface area contributed by atoms with E-state index in [9.17, 15) is 67.7 Å². The number of aromatic amines is 2. The van der Waals surface area contributed by atoms with Gasteiger partial charge in [-0.3, -0.25) is 47.9 Å². The van der Waals surface area contributed by atoms with Gasteiger partial charge in [0.1, 0.15) is 45.5 Å². The van der Waals surface area contributed by atoms with Gasteiger partial charge in [0.25, 0.3) is 56.9 Å². The third-order valence-electron chi connectivity index (χ3n) is 19.5. The summed E-state index contributed by atoms with van der Waals surface area (Å²) in [5.74, 6) is -4.15. The zero-order valence-corrected chi connectivity index (χ0v) is 48.9. The average Bonchev–Trinajstić information content (AvgIpc) is 0.936. The predicted octanol–water partition coefficient (Wildman–Crippen LogP) is 1.36. The second kappa shape index (κ2) is 23.4. The Hall–Kier alpha value is -10.7. The molecule has 8 aromatic rings. The lowest BCUT2D eigenvalue weighted by Gasteiger charge is -2.54. The number of nitrogen functional groups attached to an aromatic ring is 2. The van der Waals surface area contributed by atoms with E-state index in [1.54, 1.807) is 48.5 Å². The first kappa shape index (κ1) is 61.0. The number of aromatic nitrogens is 8. The highest BCUT2D eigenvalue weighted by Gasteiger charge is 2.56. The highest BCUT2D eigenvalue weighted by Crippen LogP contribution is 2.59. The number of rotatable bonds is 20. The molecule has 4 bridgehead atoms. The van der Waals surface area contributed by atoms with Crippen LogP contribution in [-0.4, -0.2) is 97.0 Å². The molecule has 0 saturated heterocycles. The van der Waals surface area contributed by atoms with Crippen molar-refractivity contribution in [2.24, 2.45) is 21.7 Å². The highest BCUT2D eigenvalue weighted by molar-refractivity contribution is 5.99. The van der Waals surface area contributed by atoms with Gasteiger partial charge >= 0.3 is 23.3 Å². The van der Waals surface area contributed by atoms with Crippen molar-refractivity contribution in [1.82, 2.24) is 60.4 Å². The van der Waals surface area contributed by atoms with Crippen LogP contribution in [0.4, 0.5) is 22.7 Å². The Balaban J connectivity index is 0.000000185. The molecular formula is C60H64N16O14. The second-order valence-corrected chi connectivity index (χ2v) is 24.3. The molecule has 2 unspecified atom stereocenters. The number of H-pyrrole nitrogens is 2. The third kappa shape index (κ3) is 11.1. The molecule has 14 rings (SSSR count). The van der Waals surface area contributed by atoms with Gasteiger partial charge in [-0.1, -0.05) is 48.5 Å². The van der Waals surface area contributed by atoms with E-state index in [4.69, 9.17) is 11.5 Å². The smallest absolute Gasteiger partial charge is 0.349 e. The molecule has 0 aliphatic heterocycles. The largest absolute Gasteiger partial charge is 0.481 e. The number of amides is 4. The first-order valence-electron chi connectivity index (χ1n) is 29.3. The molecule has 4 amide bonds. The van der Waals surface area contributed by atoms with Gasteiger partial charge in [0, 0.05) is 38.3 Å². The van der Waals surface area contributed by atoms with Crippen molar-refractivity contribution in [2.45, 2.75) is 129 Å². The minimum Gasteiger partial charge on any atom is -0.481 e. The quantitative estimate of drug-likeness (QED) is 0.0479. The maximum atomic E-state index is 13.6. The van der Waals surface area contributed by atoms with Crippen LogP contribution in [-0.2, 0) is 35.8 Å². The Morgan fingerprint density at radius 1 is 0.500 bits per heavy atom. The summed E-state index contributed by atoms with van der Waals surface area (Å²) in [6.45, 7) is 4.44. The van der Waals surface area contributed by atoms with Crippen molar-refractivity contribution in [3.8, 4) is 0 Å². The molecule has 6 saturated carbocycles. The lowest BCUT2D eigenvalue weighted by atomic mass is 9.52.